The highest BCUT2D eigenvalue weighted by molar-refractivity contribution is 8.22. The first-order valence-electron chi connectivity index (χ1n) is 16.2. The fourth-order valence-electron chi connectivity index (χ4n) is 6.40. The second kappa shape index (κ2) is 14.4. The summed E-state index contributed by atoms with van der Waals surface area (Å²) in [6, 6.07) is 12.8. The van der Waals surface area contributed by atoms with E-state index in [0.717, 1.165) is 50.1 Å². The molecule has 1 saturated heterocycles. The molecule has 11 nitrogen and oxygen atoms in total. The maximum atomic E-state index is 12.5. The molecule has 0 saturated carbocycles. The van der Waals surface area contributed by atoms with Crippen molar-refractivity contribution in [2.75, 3.05) is 26.2 Å². The lowest BCUT2D eigenvalue weighted by atomic mass is 9.81. The lowest BCUT2D eigenvalue weighted by Gasteiger charge is -2.42. The molecule has 252 valence electrons. The van der Waals surface area contributed by atoms with Crippen molar-refractivity contribution in [3.8, 4) is 5.75 Å². The van der Waals surface area contributed by atoms with Crippen molar-refractivity contribution < 1.29 is 28.5 Å². The monoisotopic (exact) mass is 655 g/mol. The van der Waals surface area contributed by atoms with Gasteiger partial charge in [0.2, 0.25) is 0 Å². The van der Waals surface area contributed by atoms with Crippen LogP contribution in [0.3, 0.4) is 0 Å². The zero-order valence-electron chi connectivity index (χ0n) is 27.6. The number of para-hydroxylation sites is 1. The highest BCUT2D eigenvalue weighted by Crippen LogP contribution is 2.57. The summed E-state index contributed by atoms with van der Waals surface area (Å²) in [7, 11) is -3.34. The highest BCUT2D eigenvalue weighted by atomic mass is 32.3. The van der Waals surface area contributed by atoms with Gasteiger partial charge in [0.05, 0.1) is 30.9 Å². The number of rotatable bonds is 12. The predicted molar refractivity (Wildman–Crippen MR) is 178 cm³/mol. The van der Waals surface area contributed by atoms with E-state index >= 15 is 0 Å². The Bertz CT molecular complexity index is 1490. The molecule has 3 N–H and O–H groups in total. The van der Waals surface area contributed by atoms with Crippen molar-refractivity contribution in [3.05, 3.63) is 71.0 Å². The van der Waals surface area contributed by atoms with Crippen LogP contribution < -0.4 is 4.74 Å². The van der Waals surface area contributed by atoms with E-state index in [0.29, 0.717) is 34.4 Å². The number of aliphatic carboxylic acids is 1. The van der Waals surface area contributed by atoms with Crippen molar-refractivity contribution in [2.45, 2.75) is 90.7 Å². The maximum Gasteiger partial charge on any atom is 0.312 e. The summed E-state index contributed by atoms with van der Waals surface area (Å²) in [6.45, 7) is 14.2. The predicted octanol–water partition coefficient (Wildman–Crippen LogP) is 6.38. The average molecular weight is 656 g/mol. The van der Waals surface area contributed by atoms with Gasteiger partial charge in [0.15, 0.2) is 0 Å². The highest BCUT2D eigenvalue weighted by Gasteiger charge is 2.40. The van der Waals surface area contributed by atoms with Crippen LogP contribution in [-0.2, 0) is 29.2 Å². The minimum atomic E-state index is -3.34. The molecular formula is C34H49N5O6S. The molecule has 0 bridgehead atoms. The molecular weight excluding hydrogens is 606 g/mol. The van der Waals surface area contributed by atoms with E-state index in [1.54, 1.807) is 36.4 Å². The lowest BCUT2D eigenvalue weighted by molar-refractivity contribution is -0.158. The second-order valence-corrected chi connectivity index (χ2v) is 15.3. The van der Waals surface area contributed by atoms with Gasteiger partial charge in [0.1, 0.15) is 22.4 Å². The number of hydrogen-bond acceptors (Lipinski definition) is 9. The summed E-state index contributed by atoms with van der Waals surface area (Å²) >= 11 is 0. The van der Waals surface area contributed by atoms with Crippen molar-refractivity contribution in [1.29, 1.82) is 0 Å². The largest absolute Gasteiger partial charge is 0.487 e. The number of carbonyl (C=O) groups is 1. The van der Waals surface area contributed by atoms with E-state index in [9.17, 15) is 19.0 Å². The Labute approximate surface area is 274 Å². The summed E-state index contributed by atoms with van der Waals surface area (Å²) in [5.74, 6) is 0.0368. The zero-order valence-corrected chi connectivity index (χ0v) is 28.4. The number of aryl methyl sites for hydroxylation is 1. The molecule has 2 aromatic carbocycles. The summed E-state index contributed by atoms with van der Waals surface area (Å²) in [4.78, 5) is 15.4. The lowest BCUT2D eigenvalue weighted by Crippen LogP contribution is -2.35. The summed E-state index contributed by atoms with van der Waals surface area (Å²) in [5.41, 5.74) is 1.86. The molecule has 0 aliphatic carbocycles. The van der Waals surface area contributed by atoms with Gasteiger partial charge in [0, 0.05) is 13.1 Å². The molecule has 0 amide bonds. The quantitative estimate of drug-likeness (QED) is 0.202. The van der Waals surface area contributed by atoms with E-state index in [1.165, 1.54) is 6.42 Å². The van der Waals surface area contributed by atoms with E-state index in [1.807, 2.05) is 49.0 Å². The van der Waals surface area contributed by atoms with Crippen LogP contribution >= 0.6 is 10.8 Å². The molecule has 46 heavy (non-hydrogen) atoms. The fourth-order valence-corrected chi connectivity index (χ4v) is 8.06. The molecule has 1 unspecified atom stereocenters. The van der Waals surface area contributed by atoms with Gasteiger partial charge in [-0.1, -0.05) is 42.5 Å². The van der Waals surface area contributed by atoms with Gasteiger partial charge < -0.3 is 19.5 Å². The maximum absolute atomic E-state index is 12.5. The standard InChI is InChI=1S/C34H49N5O6S/c1-6-15-37-16-13-26(14-17-37)20-38-22-29(35-36-38)23-44-32(34(4,5)33(40)41)27-12-11-24(2)28(18-27)21-39-19-25(3)45-30-9-7-8-10-31(30)46(39,42)43/h7-12,18,22,25-26,32,42-43H,6,13-17,19-21,23H2,1-5H3,(H,40,41)/t25-,32?/m1/s1. The Morgan fingerprint density at radius 3 is 2.63 bits per heavy atom. The van der Waals surface area contributed by atoms with Crippen molar-refractivity contribution >= 4 is 16.7 Å². The van der Waals surface area contributed by atoms with Crippen LogP contribution in [0.25, 0.3) is 0 Å². The van der Waals surface area contributed by atoms with E-state index in [4.69, 9.17) is 9.47 Å². The molecule has 0 radical (unpaired) electrons. The first-order valence-corrected chi connectivity index (χ1v) is 17.7. The van der Waals surface area contributed by atoms with E-state index in [2.05, 4.69) is 22.1 Å². The van der Waals surface area contributed by atoms with Gasteiger partial charge in [-0.2, -0.15) is 4.31 Å². The van der Waals surface area contributed by atoms with Gasteiger partial charge in [0.25, 0.3) is 0 Å². The number of hydrogen-bond donors (Lipinski definition) is 3. The van der Waals surface area contributed by atoms with E-state index in [-0.39, 0.29) is 19.3 Å². The summed E-state index contributed by atoms with van der Waals surface area (Å²) < 4.78 is 38.8. The number of carboxylic acids is 1. The van der Waals surface area contributed by atoms with Gasteiger partial charge in [-0.3, -0.25) is 18.6 Å². The minimum Gasteiger partial charge on any atom is -0.487 e. The number of fused-ring (bicyclic) bond motifs is 1. The number of aromatic nitrogens is 3. The Morgan fingerprint density at radius 2 is 1.91 bits per heavy atom. The SMILES string of the molecule is CCCN1CCC(Cn2cc(COC(c3ccc(C)c(CN4C[C@@H](C)Oc5ccccc5S4(O)O)c3)C(C)(C)C(=O)O)nn2)CC1. The number of ether oxygens (including phenoxy) is 2. The number of nitrogens with zero attached hydrogens (tertiary/aromatic N) is 5. The Hall–Kier alpha value is -3.00. The molecule has 0 spiro atoms. The number of carboxylic acid groups (broad SMARTS) is 1. The number of likely N-dealkylation sites (tertiary alicyclic amines) is 1. The minimum absolute atomic E-state index is 0.109. The average Bonchev–Trinajstić information content (AvgIpc) is 3.42. The summed E-state index contributed by atoms with van der Waals surface area (Å²) in [5, 5.41) is 18.9. The second-order valence-electron chi connectivity index (χ2n) is 13.3. The number of piperidine rings is 1. The molecule has 3 aromatic rings. The normalized spacial score (nSPS) is 20.8. The fraction of sp³-hybridized carbons (Fsp3) is 0.559. The van der Waals surface area contributed by atoms with Crippen LogP contribution in [0.4, 0.5) is 0 Å². The van der Waals surface area contributed by atoms with Gasteiger partial charge >= 0.3 is 5.97 Å². The van der Waals surface area contributed by atoms with Crippen LogP contribution in [0.2, 0.25) is 0 Å². The smallest absolute Gasteiger partial charge is 0.312 e. The van der Waals surface area contributed by atoms with Gasteiger partial charge in [-0.25, -0.2) is 0 Å². The summed E-state index contributed by atoms with van der Waals surface area (Å²) in [6.07, 6.45) is 4.28. The third kappa shape index (κ3) is 7.75. The van der Waals surface area contributed by atoms with Crippen molar-refractivity contribution in [1.82, 2.24) is 24.2 Å². The van der Waals surface area contributed by atoms with Crippen molar-refractivity contribution in [2.24, 2.45) is 11.3 Å². The molecule has 12 heteroatoms. The molecule has 1 aromatic heterocycles. The molecule has 3 heterocycles. The third-order valence-electron chi connectivity index (χ3n) is 9.20. The molecule has 2 aliphatic rings. The topological polar surface area (TPSA) is 133 Å². The van der Waals surface area contributed by atoms with Crippen LogP contribution in [0.15, 0.2) is 53.6 Å². The molecule has 5 rings (SSSR count). The van der Waals surface area contributed by atoms with Crippen LogP contribution in [0, 0.1) is 18.3 Å². The van der Waals surface area contributed by atoms with Crippen molar-refractivity contribution in [3.63, 3.8) is 0 Å². The Kier molecular flexibility index (Phi) is 10.8. The van der Waals surface area contributed by atoms with Crippen LogP contribution in [0.1, 0.15) is 75.4 Å². The van der Waals surface area contributed by atoms with E-state index < -0.39 is 28.3 Å². The van der Waals surface area contributed by atoms with Crippen LogP contribution in [-0.4, -0.2) is 76.7 Å². The van der Waals surface area contributed by atoms with Gasteiger partial charge in [-0.05, 0) is 101 Å². The van der Waals surface area contributed by atoms with Gasteiger partial charge in [-0.15, -0.1) is 15.9 Å². The Balaban J connectivity index is 1.32. The molecule has 2 aliphatic heterocycles. The third-order valence-corrected chi connectivity index (χ3v) is 11.1. The first kappa shape index (κ1) is 34.3. The first-order chi connectivity index (χ1) is 21.9. The molecule has 2 atom stereocenters. The number of benzene rings is 2. The molecule has 1 fully saturated rings. The zero-order chi connectivity index (χ0) is 33.1. The van der Waals surface area contributed by atoms with Crippen LogP contribution in [0.5, 0.6) is 5.75 Å². The Morgan fingerprint density at radius 1 is 1.17 bits per heavy atom.